The van der Waals surface area contributed by atoms with Crippen molar-refractivity contribution >= 4 is 75.0 Å². The molecule has 1 nitrogen and oxygen atoms in total. The lowest BCUT2D eigenvalue weighted by atomic mass is 10.1. The summed E-state index contributed by atoms with van der Waals surface area (Å²) in [5.41, 5.74) is 4.48. The van der Waals surface area contributed by atoms with E-state index >= 15 is 0 Å². The highest BCUT2D eigenvalue weighted by Gasteiger charge is 2.26. The molecule has 0 unspecified atom stereocenters. The van der Waals surface area contributed by atoms with Gasteiger partial charge in [-0.05, 0) is 59.9 Å². The zero-order valence-electron chi connectivity index (χ0n) is 17.5. The molecule has 5 rings (SSSR count). The van der Waals surface area contributed by atoms with Crippen LogP contribution in [0.15, 0.2) is 83.9 Å². The van der Waals surface area contributed by atoms with E-state index in [0.717, 1.165) is 11.2 Å². The molecule has 2 aromatic carbocycles. The summed E-state index contributed by atoms with van der Waals surface area (Å²) in [6, 6.07) is 21.3. The average Bonchev–Trinajstić information content (AvgIpc) is 3.34. The molecule has 3 aromatic rings. The number of thioether (sulfide) groups is 4. The van der Waals surface area contributed by atoms with Crippen molar-refractivity contribution in [3.63, 3.8) is 0 Å². The maximum atomic E-state index is 4.72. The predicted molar refractivity (Wildman–Crippen MR) is 145 cm³/mol. The Labute approximate surface area is 200 Å². The standard InChI is InChI=1S/C26H21NS4/c1-16-17(2)29-25(28-16)26-30-18(3)24(31-26)21-11-8-19(9-12-21)10-14-22-15-13-20-6-4-5-7-23(20)27-22/h4-15H,1-3H3/b14-10+. The molecule has 0 N–H and O–H groups in total. The molecule has 0 saturated heterocycles. The fourth-order valence-electron chi connectivity index (χ4n) is 3.34. The van der Waals surface area contributed by atoms with E-state index in [2.05, 4.69) is 81.5 Å². The van der Waals surface area contributed by atoms with E-state index in [4.69, 9.17) is 4.98 Å². The number of pyridine rings is 1. The molecule has 0 saturated carbocycles. The van der Waals surface area contributed by atoms with Gasteiger partial charge in [0.05, 0.1) is 19.7 Å². The maximum Gasteiger partial charge on any atom is 0.0709 e. The van der Waals surface area contributed by atoms with Crippen molar-refractivity contribution < 1.29 is 0 Å². The number of aromatic nitrogens is 1. The molecule has 31 heavy (non-hydrogen) atoms. The Hall–Kier alpha value is -1.79. The third-order valence-corrected chi connectivity index (χ3v) is 11.0. The van der Waals surface area contributed by atoms with E-state index in [1.165, 1.54) is 44.6 Å². The van der Waals surface area contributed by atoms with Gasteiger partial charge in [-0.25, -0.2) is 4.98 Å². The highest BCUT2D eigenvalue weighted by Crippen LogP contribution is 2.61. The molecule has 0 bridgehead atoms. The van der Waals surface area contributed by atoms with Crippen LogP contribution >= 0.6 is 47.0 Å². The van der Waals surface area contributed by atoms with Gasteiger partial charge in [0.1, 0.15) is 0 Å². The van der Waals surface area contributed by atoms with Crippen LogP contribution in [0.4, 0.5) is 0 Å². The molecular weight excluding hydrogens is 455 g/mol. The van der Waals surface area contributed by atoms with Gasteiger partial charge in [-0.15, -0.1) is 0 Å². The molecule has 0 radical (unpaired) electrons. The van der Waals surface area contributed by atoms with Crippen molar-refractivity contribution in [3.8, 4) is 0 Å². The van der Waals surface area contributed by atoms with Crippen LogP contribution in [-0.4, -0.2) is 4.98 Å². The van der Waals surface area contributed by atoms with Crippen LogP contribution in [0.3, 0.4) is 0 Å². The molecule has 2 aliphatic heterocycles. The highest BCUT2D eigenvalue weighted by molar-refractivity contribution is 8.35. The number of allylic oxidation sites excluding steroid dienone is 3. The third-order valence-electron chi connectivity index (χ3n) is 5.15. The van der Waals surface area contributed by atoms with Crippen molar-refractivity contribution in [1.82, 2.24) is 4.98 Å². The number of hydrogen-bond acceptors (Lipinski definition) is 5. The average molecular weight is 476 g/mol. The van der Waals surface area contributed by atoms with E-state index in [1.807, 2.05) is 59.2 Å². The fourth-order valence-corrected chi connectivity index (χ4v) is 8.80. The zero-order valence-corrected chi connectivity index (χ0v) is 20.8. The summed E-state index contributed by atoms with van der Waals surface area (Å²) in [4.78, 5) is 10.3. The van der Waals surface area contributed by atoms with Crippen LogP contribution in [0.2, 0.25) is 0 Å². The molecule has 0 spiro atoms. The number of hydrogen-bond donors (Lipinski definition) is 0. The van der Waals surface area contributed by atoms with Crippen molar-refractivity contribution in [3.05, 3.63) is 101 Å². The molecular formula is C26H21NS4. The van der Waals surface area contributed by atoms with Gasteiger partial charge in [0.25, 0.3) is 0 Å². The van der Waals surface area contributed by atoms with Crippen molar-refractivity contribution in [2.75, 3.05) is 0 Å². The molecule has 3 heterocycles. The van der Waals surface area contributed by atoms with Crippen LogP contribution in [0, 0.1) is 0 Å². The van der Waals surface area contributed by atoms with Crippen LogP contribution in [0.5, 0.6) is 0 Å². The topological polar surface area (TPSA) is 12.9 Å². The summed E-state index contributed by atoms with van der Waals surface area (Å²) in [5, 5.41) is 1.17. The quantitative estimate of drug-likeness (QED) is 0.373. The van der Waals surface area contributed by atoms with E-state index in [-0.39, 0.29) is 0 Å². The van der Waals surface area contributed by atoms with Gasteiger partial charge in [0.2, 0.25) is 0 Å². The number of benzene rings is 2. The molecule has 2 aliphatic rings. The second-order valence-corrected chi connectivity index (χ2v) is 12.6. The summed E-state index contributed by atoms with van der Waals surface area (Å²) in [6.45, 7) is 6.66. The first-order chi connectivity index (χ1) is 15.1. The first kappa shape index (κ1) is 21.1. The Morgan fingerprint density at radius 1 is 0.645 bits per heavy atom. The summed E-state index contributed by atoms with van der Waals surface area (Å²) < 4.78 is 2.85. The predicted octanol–water partition coefficient (Wildman–Crippen LogP) is 9.43. The normalized spacial score (nSPS) is 17.1. The SMILES string of the molecule is CC1=C(C)SC(=C2SC(C)=C(c3ccc(/C=C/c4ccc5ccccc5n4)cc3)S2)S1. The first-order valence-corrected chi connectivity index (χ1v) is 13.3. The first-order valence-electron chi connectivity index (χ1n) is 10.1. The van der Waals surface area contributed by atoms with Crippen LogP contribution < -0.4 is 0 Å². The molecule has 154 valence electrons. The lowest BCUT2D eigenvalue weighted by Crippen LogP contribution is -1.83. The Bertz CT molecular complexity index is 1280. The Kier molecular flexibility index (Phi) is 6.11. The molecule has 0 fully saturated rings. The summed E-state index contributed by atoms with van der Waals surface area (Å²) in [5.74, 6) is 0. The van der Waals surface area contributed by atoms with Gasteiger partial charge in [-0.1, -0.05) is 102 Å². The minimum Gasteiger partial charge on any atom is -0.248 e. The minimum atomic E-state index is 0.978. The smallest absolute Gasteiger partial charge is 0.0709 e. The number of rotatable bonds is 3. The summed E-state index contributed by atoms with van der Waals surface area (Å²) in [6.07, 6.45) is 4.22. The second kappa shape index (κ2) is 8.99. The Morgan fingerprint density at radius 3 is 2.10 bits per heavy atom. The van der Waals surface area contributed by atoms with Crippen molar-refractivity contribution in [2.24, 2.45) is 0 Å². The highest BCUT2D eigenvalue weighted by atomic mass is 32.2. The largest absolute Gasteiger partial charge is 0.248 e. The van der Waals surface area contributed by atoms with Gasteiger partial charge < -0.3 is 0 Å². The van der Waals surface area contributed by atoms with Crippen molar-refractivity contribution in [2.45, 2.75) is 20.8 Å². The molecule has 1 aromatic heterocycles. The minimum absolute atomic E-state index is 0.978. The van der Waals surface area contributed by atoms with E-state index in [9.17, 15) is 0 Å². The van der Waals surface area contributed by atoms with Crippen LogP contribution in [0.1, 0.15) is 37.6 Å². The Balaban J connectivity index is 1.31. The van der Waals surface area contributed by atoms with Gasteiger partial charge >= 0.3 is 0 Å². The summed E-state index contributed by atoms with van der Waals surface area (Å²) in [7, 11) is 0. The van der Waals surface area contributed by atoms with E-state index in [1.54, 1.807) is 0 Å². The van der Waals surface area contributed by atoms with Gasteiger partial charge in [-0.3, -0.25) is 0 Å². The van der Waals surface area contributed by atoms with E-state index < -0.39 is 0 Å². The molecule has 0 aliphatic carbocycles. The lowest BCUT2D eigenvalue weighted by Gasteiger charge is -2.04. The fraction of sp³-hybridized carbons (Fsp3) is 0.115. The van der Waals surface area contributed by atoms with Gasteiger partial charge in [0.15, 0.2) is 0 Å². The maximum absolute atomic E-state index is 4.72. The lowest BCUT2D eigenvalue weighted by molar-refractivity contribution is 1.37. The van der Waals surface area contributed by atoms with Crippen molar-refractivity contribution in [1.29, 1.82) is 0 Å². The zero-order chi connectivity index (χ0) is 21.4. The number of fused-ring (bicyclic) bond motifs is 1. The van der Waals surface area contributed by atoms with Crippen LogP contribution in [0.25, 0.3) is 28.0 Å². The molecule has 0 amide bonds. The molecule has 0 atom stereocenters. The van der Waals surface area contributed by atoms with Crippen LogP contribution in [-0.2, 0) is 0 Å². The molecule has 5 heteroatoms. The number of para-hydroxylation sites is 1. The monoisotopic (exact) mass is 475 g/mol. The number of nitrogens with zero attached hydrogens (tertiary/aromatic N) is 1. The van der Waals surface area contributed by atoms with Gasteiger partial charge in [0, 0.05) is 15.2 Å². The Morgan fingerprint density at radius 2 is 1.32 bits per heavy atom. The third kappa shape index (κ3) is 4.56. The van der Waals surface area contributed by atoms with Gasteiger partial charge in [-0.2, -0.15) is 0 Å². The van der Waals surface area contributed by atoms with E-state index in [0.29, 0.717) is 0 Å². The second-order valence-electron chi connectivity index (χ2n) is 7.37. The summed E-state index contributed by atoms with van der Waals surface area (Å²) >= 11 is 7.66.